The van der Waals surface area contributed by atoms with Crippen LogP contribution in [0, 0.1) is 0 Å². The molecule has 0 saturated heterocycles. The monoisotopic (exact) mass is 229 g/mol. The van der Waals surface area contributed by atoms with Gasteiger partial charge in [0, 0.05) is 12.1 Å². The summed E-state index contributed by atoms with van der Waals surface area (Å²) in [5, 5.41) is 6.94. The van der Waals surface area contributed by atoms with E-state index in [0.717, 1.165) is 12.5 Å². The van der Waals surface area contributed by atoms with Crippen LogP contribution in [0.3, 0.4) is 0 Å². The van der Waals surface area contributed by atoms with Crippen molar-refractivity contribution in [2.24, 2.45) is 4.99 Å². The molecule has 2 saturated carbocycles. The summed E-state index contributed by atoms with van der Waals surface area (Å²) in [4.78, 5) is 4.65. The zero-order valence-corrected chi connectivity index (χ0v) is 10.0. The maximum absolute atomic E-state index is 4.65. The van der Waals surface area contributed by atoms with Gasteiger partial charge in [0.1, 0.15) is 0 Å². The molecule has 1 aromatic rings. The summed E-state index contributed by atoms with van der Waals surface area (Å²) < 4.78 is 0. The Hall–Kier alpha value is -1.51. The van der Waals surface area contributed by atoms with Gasteiger partial charge in [-0.05, 0) is 31.2 Å². The number of aliphatic imine (C=N–C) groups is 1. The van der Waals surface area contributed by atoms with Crippen molar-refractivity contribution in [1.82, 2.24) is 10.6 Å². The van der Waals surface area contributed by atoms with Crippen molar-refractivity contribution in [3.8, 4) is 0 Å². The minimum absolute atomic E-state index is 0.663. The van der Waals surface area contributed by atoms with Crippen molar-refractivity contribution in [3.63, 3.8) is 0 Å². The highest BCUT2D eigenvalue weighted by atomic mass is 15.2. The van der Waals surface area contributed by atoms with Crippen molar-refractivity contribution < 1.29 is 0 Å². The van der Waals surface area contributed by atoms with E-state index in [4.69, 9.17) is 0 Å². The Kier molecular flexibility index (Phi) is 2.99. The average molecular weight is 229 g/mol. The summed E-state index contributed by atoms with van der Waals surface area (Å²) in [5.41, 5.74) is 1.26. The Morgan fingerprint density at radius 3 is 2.12 bits per heavy atom. The van der Waals surface area contributed by atoms with E-state index < -0.39 is 0 Å². The maximum Gasteiger partial charge on any atom is 0.192 e. The van der Waals surface area contributed by atoms with Crippen LogP contribution < -0.4 is 10.6 Å². The first-order valence-electron chi connectivity index (χ1n) is 6.51. The normalized spacial score (nSPS) is 18.6. The van der Waals surface area contributed by atoms with Crippen molar-refractivity contribution in [1.29, 1.82) is 0 Å². The molecule has 3 nitrogen and oxygen atoms in total. The predicted octanol–water partition coefficient (Wildman–Crippen LogP) is 2.05. The highest BCUT2D eigenvalue weighted by molar-refractivity contribution is 5.81. The second kappa shape index (κ2) is 4.78. The van der Waals surface area contributed by atoms with Crippen LogP contribution in [0.1, 0.15) is 31.2 Å². The molecule has 0 amide bonds. The van der Waals surface area contributed by atoms with Gasteiger partial charge in [-0.15, -0.1) is 0 Å². The zero-order chi connectivity index (χ0) is 11.5. The molecule has 2 N–H and O–H groups in total. The fourth-order valence-corrected chi connectivity index (χ4v) is 1.73. The average Bonchev–Trinajstić information content (AvgIpc) is 3.23. The first-order valence-corrected chi connectivity index (χ1v) is 6.51. The van der Waals surface area contributed by atoms with Crippen LogP contribution in [0.5, 0.6) is 0 Å². The summed E-state index contributed by atoms with van der Waals surface area (Å²) >= 11 is 0. The fraction of sp³-hybridized carbons (Fsp3) is 0.500. The SMILES string of the molecule is c1ccc(CN=C(NC2CC2)NC2CC2)cc1. The zero-order valence-electron chi connectivity index (χ0n) is 10.0. The van der Waals surface area contributed by atoms with E-state index in [2.05, 4.69) is 39.9 Å². The number of nitrogens with one attached hydrogen (secondary N) is 2. The number of nitrogens with zero attached hydrogens (tertiary/aromatic N) is 1. The molecule has 0 unspecified atom stereocenters. The van der Waals surface area contributed by atoms with Crippen molar-refractivity contribution in [2.75, 3.05) is 0 Å². The summed E-state index contributed by atoms with van der Waals surface area (Å²) in [7, 11) is 0. The van der Waals surface area contributed by atoms with Crippen LogP contribution in [-0.2, 0) is 6.54 Å². The molecule has 0 aromatic heterocycles. The molecule has 2 aliphatic carbocycles. The highest BCUT2D eigenvalue weighted by Gasteiger charge is 2.26. The lowest BCUT2D eigenvalue weighted by molar-refractivity contribution is 0.790. The Bertz CT molecular complexity index is 375. The molecule has 2 fully saturated rings. The van der Waals surface area contributed by atoms with E-state index in [1.807, 2.05) is 6.07 Å². The van der Waals surface area contributed by atoms with Gasteiger partial charge >= 0.3 is 0 Å². The van der Waals surface area contributed by atoms with Crippen LogP contribution in [0.4, 0.5) is 0 Å². The predicted molar refractivity (Wildman–Crippen MR) is 69.9 cm³/mol. The quantitative estimate of drug-likeness (QED) is 0.612. The molecule has 3 rings (SSSR count). The first kappa shape index (κ1) is 10.6. The smallest absolute Gasteiger partial charge is 0.192 e. The lowest BCUT2D eigenvalue weighted by Gasteiger charge is -2.11. The van der Waals surface area contributed by atoms with Gasteiger partial charge in [-0.1, -0.05) is 30.3 Å². The molecule has 0 bridgehead atoms. The molecule has 90 valence electrons. The van der Waals surface area contributed by atoms with Crippen LogP contribution in [0.15, 0.2) is 35.3 Å². The minimum atomic E-state index is 0.663. The van der Waals surface area contributed by atoms with E-state index in [9.17, 15) is 0 Å². The van der Waals surface area contributed by atoms with E-state index in [1.165, 1.54) is 31.2 Å². The van der Waals surface area contributed by atoms with Gasteiger partial charge in [0.25, 0.3) is 0 Å². The number of rotatable bonds is 4. The molecule has 0 heterocycles. The number of hydrogen-bond donors (Lipinski definition) is 2. The van der Waals surface area contributed by atoms with Gasteiger partial charge in [0.2, 0.25) is 0 Å². The van der Waals surface area contributed by atoms with Gasteiger partial charge in [0.05, 0.1) is 6.54 Å². The van der Waals surface area contributed by atoms with E-state index in [1.54, 1.807) is 0 Å². The van der Waals surface area contributed by atoms with Crippen LogP contribution in [0.25, 0.3) is 0 Å². The Labute approximate surface area is 102 Å². The maximum atomic E-state index is 4.65. The lowest BCUT2D eigenvalue weighted by atomic mass is 10.2. The molecule has 2 aliphatic rings. The largest absolute Gasteiger partial charge is 0.354 e. The Balaban J connectivity index is 1.59. The molecule has 3 heteroatoms. The molecular weight excluding hydrogens is 210 g/mol. The molecule has 0 atom stereocenters. The number of benzene rings is 1. The molecule has 0 spiro atoms. The third-order valence-electron chi connectivity index (χ3n) is 3.10. The van der Waals surface area contributed by atoms with Crippen molar-refractivity contribution >= 4 is 5.96 Å². The fourth-order valence-electron chi connectivity index (χ4n) is 1.73. The summed E-state index contributed by atoms with van der Waals surface area (Å²) in [6.45, 7) is 0.760. The lowest BCUT2D eigenvalue weighted by Crippen LogP contribution is -2.39. The standard InChI is InChI=1S/C14H19N3/c1-2-4-11(5-3-1)10-15-14(16-12-6-7-12)17-13-8-9-13/h1-5,12-13H,6-10H2,(H2,15,16,17). The van der Waals surface area contributed by atoms with Crippen molar-refractivity contribution in [2.45, 2.75) is 44.3 Å². The molecule has 17 heavy (non-hydrogen) atoms. The molecule has 0 aliphatic heterocycles. The van der Waals surface area contributed by atoms with Crippen molar-refractivity contribution in [3.05, 3.63) is 35.9 Å². The molecular formula is C14H19N3. The van der Waals surface area contributed by atoms with Gasteiger partial charge in [0.15, 0.2) is 5.96 Å². The van der Waals surface area contributed by atoms with E-state index in [-0.39, 0.29) is 0 Å². The third-order valence-corrected chi connectivity index (χ3v) is 3.10. The van der Waals surface area contributed by atoms with Crippen LogP contribution in [-0.4, -0.2) is 18.0 Å². The van der Waals surface area contributed by atoms with Gasteiger partial charge < -0.3 is 10.6 Å². The number of guanidine groups is 1. The Morgan fingerprint density at radius 2 is 1.59 bits per heavy atom. The topological polar surface area (TPSA) is 36.4 Å². The first-order chi connectivity index (χ1) is 8.40. The van der Waals surface area contributed by atoms with Gasteiger partial charge in [-0.2, -0.15) is 0 Å². The summed E-state index contributed by atoms with van der Waals surface area (Å²) in [6, 6.07) is 11.7. The minimum Gasteiger partial charge on any atom is -0.354 e. The highest BCUT2D eigenvalue weighted by Crippen LogP contribution is 2.21. The van der Waals surface area contributed by atoms with E-state index >= 15 is 0 Å². The van der Waals surface area contributed by atoms with Crippen LogP contribution in [0.2, 0.25) is 0 Å². The third kappa shape index (κ3) is 3.48. The molecule has 0 radical (unpaired) electrons. The number of hydrogen-bond acceptors (Lipinski definition) is 1. The van der Waals surface area contributed by atoms with Crippen LogP contribution >= 0.6 is 0 Å². The van der Waals surface area contributed by atoms with Gasteiger partial charge in [-0.25, -0.2) is 4.99 Å². The second-order valence-corrected chi connectivity index (χ2v) is 4.99. The summed E-state index contributed by atoms with van der Waals surface area (Å²) in [5.74, 6) is 0.999. The Morgan fingerprint density at radius 1 is 1.00 bits per heavy atom. The van der Waals surface area contributed by atoms with Gasteiger partial charge in [-0.3, -0.25) is 0 Å². The van der Waals surface area contributed by atoms with E-state index in [0.29, 0.717) is 12.1 Å². The second-order valence-electron chi connectivity index (χ2n) is 4.99. The summed E-state index contributed by atoms with van der Waals surface area (Å²) in [6.07, 6.45) is 5.15. The molecule has 1 aromatic carbocycles.